The third kappa shape index (κ3) is 28.8. The Morgan fingerprint density at radius 1 is 0.550 bits per heavy atom. The van der Waals surface area contributed by atoms with Crippen molar-refractivity contribution in [2.45, 2.75) is 170 Å². The molecule has 100 heavy (non-hydrogen) atoms. The molecule has 0 bridgehead atoms. The number of hydrogen-bond donors (Lipinski definition) is 12. The zero-order valence-corrected chi connectivity index (χ0v) is 59.5. The number of likely N-dealkylation sites (tertiary alicyclic amines) is 2. The number of primary amides is 1. The number of carboxylic acids is 5. The molecule has 554 valence electrons. The second-order valence-corrected chi connectivity index (χ2v) is 28.6. The summed E-state index contributed by atoms with van der Waals surface area (Å²) in [7, 11) is 0. The molecule has 2 unspecified atom stereocenters. The van der Waals surface area contributed by atoms with Gasteiger partial charge in [-0.1, -0.05) is 75.2 Å². The zero-order valence-electron chi connectivity index (χ0n) is 57.1. The van der Waals surface area contributed by atoms with Crippen molar-refractivity contribution in [3.05, 3.63) is 70.8 Å². The van der Waals surface area contributed by atoms with Gasteiger partial charge in [-0.15, -0.1) is 0 Å². The van der Waals surface area contributed by atoms with Crippen LogP contribution in [0.3, 0.4) is 0 Å². The van der Waals surface area contributed by atoms with Crippen LogP contribution >= 0.6 is 35.3 Å². The molecular formula is C67H99N11O19S3. The summed E-state index contributed by atoms with van der Waals surface area (Å²) in [6, 6.07) is 6.17. The number of carboxylic acid groups (broad SMARTS) is 5. The Hall–Kier alpha value is -7.56. The highest BCUT2D eigenvalue weighted by atomic mass is 32.2. The Morgan fingerprint density at radius 2 is 1.09 bits per heavy atom. The molecule has 33 heteroatoms. The second kappa shape index (κ2) is 43.3. The van der Waals surface area contributed by atoms with Crippen molar-refractivity contribution >= 4 is 112 Å². The normalized spacial score (nSPS) is 18.3. The van der Waals surface area contributed by atoms with Gasteiger partial charge in [0.1, 0.15) is 42.3 Å². The van der Waals surface area contributed by atoms with Crippen LogP contribution in [-0.4, -0.2) is 270 Å². The van der Waals surface area contributed by atoms with Gasteiger partial charge in [0.25, 0.3) is 0 Å². The lowest BCUT2D eigenvalue weighted by molar-refractivity contribution is -0.147. The number of amides is 8. The number of carbonyl (C=O) groups is 13. The Labute approximate surface area is 595 Å². The number of aliphatic hydroxyl groups excluding tert-OH is 1. The van der Waals surface area contributed by atoms with E-state index < -0.39 is 126 Å². The van der Waals surface area contributed by atoms with Crippen LogP contribution in [-0.2, 0) is 86.0 Å². The smallest absolute Gasteiger partial charge is 0.327 e. The summed E-state index contributed by atoms with van der Waals surface area (Å²) in [5, 5.41) is 72.7. The first-order valence-corrected chi connectivity index (χ1v) is 37.3. The molecule has 3 aliphatic heterocycles. The van der Waals surface area contributed by atoms with Gasteiger partial charge in [-0.05, 0) is 74.1 Å². The molecule has 5 rings (SSSR count). The molecule has 2 aromatic rings. The molecule has 13 N–H and O–H groups in total. The summed E-state index contributed by atoms with van der Waals surface area (Å²) < 4.78 is 0. The van der Waals surface area contributed by atoms with Crippen LogP contribution in [0.5, 0.6) is 0 Å². The SMILES string of the molecule is CCCCCC(=O)N[C@@H](CSCc1cc(CSCCNC(=O)CCC(C(=O)O)N2CCN(CC(=O)O)CCN(CC(=O)O)CC2)cc(CSCC(NC(=O)[C@H](Cc2ccccc2)NC(=O)[C@H](CCC(=O)O)NC(=O)[C@@H](C)[C@@H](C)O)C(=O)O)c1)C(=O)N1CCC[C@H]1C(=O)N1CCC[C@H]1C(N)=O. The van der Waals surface area contributed by atoms with Crippen molar-refractivity contribution in [2.75, 3.05) is 89.3 Å². The first kappa shape index (κ1) is 83.1. The number of aliphatic hydroxyl groups is 1. The number of nitrogens with one attached hydrogen (secondary N) is 5. The quantitative estimate of drug-likeness (QED) is 0.0412. The average molecular weight is 1460 g/mol. The minimum absolute atomic E-state index is 0.0766. The molecule has 8 amide bonds. The van der Waals surface area contributed by atoms with Crippen LogP contribution in [0.15, 0.2) is 48.5 Å². The van der Waals surface area contributed by atoms with Gasteiger partial charge in [0.05, 0.1) is 25.1 Å². The lowest BCUT2D eigenvalue weighted by atomic mass is 10.0. The molecule has 3 fully saturated rings. The Bertz CT molecular complexity index is 3090. The number of rotatable bonds is 43. The molecule has 0 radical (unpaired) electrons. The third-order valence-corrected chi connectivity index (χ3v) is 20.8. The van der Waals surface area contributed by atoms with Crippen molar-refractivity contribution in [1.82, 2.24) is 51.1 Å². The van der Waals surface area contributed by atoms with Crippen LogP contribution < -0.4 is 32.3 Å². The van der Waals surface area contributed by atoms with Gasteiger partial charge in [-0.25, -0.2) is 4.79 Å². The number of thioether (sulfide) groups is 3. The van der Waals surface area contributed by atoms with Crippen molar-refractivity contribution in [2.24, 2.45) is 11.7 Å². The molecule has 0 aromatic heterocycles. The van der Waals surface area contributed by atoms with E-state index in [1.165, 1.54) is 58.9 Å². The van der Waals surface area contributed by atoms with Crippen LogP contribution in [0.4, 0.5) is 0 Å². The van der Waals surface area contributed by atoms with E-state index in [-0.39, 0.29) is 127 Å². The molecule has 0 aliphatic carbocycles. The van der Waals surface area contributed by atoms with E-state index in [0.717, 1.165) is 29.5 Å². The molecule has 3 saturated heterocycles. The van der Waals surface area contributed by atoms with Crippen molar-refractivity contribution in [3.63, 3.8) is 0 Å². The number of carbonyl (C=O) groups excluding carboxylic acids is 8. The average Bonchev–Trinajstić information content (AvgIpc) is 1.64. The second-order valence-electron chi connectivity index (χ2n) is 25.4. The Morgan fingerprint density at radius 3 is 1.64 bits per heavy atom. The van der Waals surface area contributed by atoms with Crippen LogP contribution in [0.25, 0.3) is 0 Å². The third-order valence-electron chi connectivity index (χ3n) is 17.6. The molecule has 9 atom stereocenters. The van der Waals surface area contributed by atoms with E-state index in [9.17, 15) is 93.0 Å². The lowest BCUT2D eigenvalue weighted by Gasteiger charge is -2.32. The maximum Gasteiger partial charge on any atom is 0.327 e. The van der Waals surface area contributed by atoms with Crippen LogP contribution in [0, 0.1) is 5.92 Å². The fraction of sp³-hybridized carbons (Fsp3) is 0.627. The molecule has 3 aliphatic rings. The standard InChI is InChI=1S/C67H99N11O19S3/c1-4-5-7-16-56(81)70-50(64(92)78-23-11-15-53(78)65(93)77-22-10-14-52(77)60(68)88)40-99-38-46-31-45(37-98-30-21-69-55(80)19-18-54(67(96)97)76-28-26-74(35-58(84)85)24-25-75(27-29-76)36-59(86)87)32-47(33-46)39-100-41-51(66(94)95)73-63(91)49(34-44-12-8-6-9-13-44)72-62(90)48(17-20-57(82)83)71-61(89)42(2)43(3)79/h6,8-9,12-13,31-33,42-43,48-54,79H,4-5,7,10-11,14-30,34-41H2,1-3H3,(H2,68,88)(H,69,80)(H,70,81)(H,71,89)(H,72,90)(H,73,91)(H,82,83)(H,84,85)(H,86,87)(H,94,95)(H,96,97)/t42-,43+,48-,49-,50-,51?,52-,53-,54?/m0/s1. The van der Waals surface area contributed by atoms with Gasteiger partial charge in [0.15, 0.2) is 0 Å². The number of nitrogens with two attached hydrogens (primary N) is 1. The van der Waals surface area contributed by atoms with E-state index in [1.807, 2.05) is 25.1 Å². The Balaban J connectivity index is 1.33. The van der Waals surface area contributed by atoms with Crippen LogP contribution in [0.1, 0.15) is 120 Å². The van der Waals surface area contributed by atoms with Crippen molar-refractivity contribution < 1.29 is 93.0 Å². The molecule has 0 saturated carbocycles. The highest BCUT2D eigenvalue weighted by molar-refractivity contribution is 7.99. The van der Waals surface area contributed by atoms with Crippen LogP contribution in [0.2, 0.25) is 0 Å². The minimum Gasteiger partial charge on any atom is -0.481 e. The topological polar surface area (TPSA) is 446 Å². The summed E-state index contributed by atoms with van der Waals surface area (Å²) in [5.41, 5.74) is 8.62. The fourth-order valence-electron chi connectivity index (χ4n) is 11.9. The van der Waals surface area contributed by atoms with Gasteiger partial charge < -0.3 is 72.8 Å². The first-order chi connectivity index (χ1) is 47.6. The minimum atomic E-state index is -1.51. The molecule has 3 heterocycles. The zero-order chi connectivity index (χ0) is 73.4. The van der Waals surface area contributed by atoms with E-state index in [4.69, 9.17) is 5.73 Å². The number of aliphatic carboxylic acids is 5. The van der Waals surface area contributed by atoms with Gasteiger partial charge >= 0.3 is 29.8 Å². The molecular weight excluding hydrogens is 1360 g/mol. The summed E-state index contributed by atoms with van der Waals surface area (Å²) >= 11 is 4.02. The van der Waals surface area contributed by atoms with E-state index in [1.54, 1.807) is 45.0 Å². The number of benzene rings is 2. The molecule has 30 nitrogen and oxygen atoms in total. The summed E-state index contributed by atoms with van der Waals surface area (Å²) in [6.07, 6.45) is 1.99. The van der Waals surface area contributed by atoms with Gasteiger partial charge in [-0.2, -0.15) is 35.3 Å². The highest BCUT2D eigenvalue weighted by Gasteiger charge is 2.43. The van der Waals surface area contributed by atoms with E-state index in [2.05, 4.69) is 26.6 Å². The maximum atomic E-state index is 14.6. The van der Waals surface area contributed by atoms with Gasteiger partial charge in [0.2, 0.25) is 47.3 Å². The van der Waals surface area contributed by atoms with E-state index >= 15 is 0 Å². The summed E-state index contributed by atoms with van der Waals surface area (Å²) in [4.78, 5) is 177. The highest BCUT2D eigenvalue weighted by Crippen LogP contribution is 2.28. The monoisotopic (exact) mass is 1460 g/mol. The Kier molecular flexibility index (Phi) is 36.0. The largest absolute Gasteiger partial charge is 0.481 e. The lowest BCUT2D eigenvalue weighted by Crippen LogP contribution is -2.57. The van der Waals surface area contributed by atoms with Gasteiger partial charge in [-0.3, -0.25) is 72.2 Å². The van der Waals surface area contributed by atoms with Crippen molar-refractivity contribution in [1.29, 1.82) is 0 Å². The maximum absolute atomic E-state index is 14.6. The number of unbranched alkanes of at least 4 members (excludes halogenated alkanes) is 2. The first-order valence-electron chi connectivity index (χ1n) is 33.9. The fourth-order valence-corrected chi connectivity index (χ4v) is 14.7. The predicted molar refractivity (Wildman–Crippen MR) is 374 cm³/mol. The van der Waals surface area contributed by atoms with Crippen molar-refractivity contribution in [3.8, 4) is 0 Å². The molecule has 2 aromatic carbocycles. The number of nitrogens with zero attached hydrogens (tertiary/aromatic N) is 5. The van der Waals surface area contributed by atoms with Gasteiger partial charge in [0, 0.05) is 119 Å². The summed E-state index contributed by atoms with van der Waals surface area (Å²) in [6.45, 7) is 6.23. The summed E-state index contributed by atoms with van der Waals surface area (Å²) in [5.74, 6) is -10.4. The predicted octanol–water partition coefficient (Wildman–Crippen LogP) is 1.02. The molecule has 0 spiro atoms. The van der Waals surface area contributed by atoms with E-state index in [0.29, 0.717) is 61.5 Å². The number of hydrogen-bond acceptors (Lipinski definition) is 20.